The monoisotopic (exact) mass is 674 g/mol. The van der Waals surface area contributed by atoms with Crippen LogP contribution in [0.15, 0.2) is 200 Å². The summed E-state index contributed by atoms with van der Waals surface area (Å²) >= 11 is 0. The number of nitrogens with one attached hydrogen (secondary N) is 1. The SMILES string of the molecule is c1ccc(-c2cc(-c3ccccc3)cc(-c3cc(-c4c5ccccc5c(-c5ccc6ccccc6c5)c5ccccc45)ccc3-c3ncc[nH]3)c2)cc1. The van der Waals surface area contributed by atoms with E-state index >= 15 is 0 Å². The summed E-state index contributed by atoms with van der Waals surface area (Å²) in [7, 11) is 0. The fraction of sp³-hybridized carbons (Fsp3) is 0. The number of hydrogen-bond acceptors (Lipinski definition) is 1. The standard InChI is InChI=1S/C51H34N2/c1-3-13-34(14-4-1)40-30-41(35-15-5-2-6-16-35)32-42(31-40)48-33-39(25-26-47(48)51-52-27-28-53-51)50-45-21-11-9-19-43(45)49(44-20-10-12-22-46(44)50)38-24-23-36-17-7-8-18-37(36)29-38/h1-33H,(H,52,53). The van der Waals surface area contributed by atoms with E-state index in [0.717, 1.165) is 22.5 Å². The van der Waals surface area contributed by atoms with Crippen LogP contribution in [0.1, 0.15) is 0 Å². The van der Waals surface area contributed by atoms with Crippen LogP contribution in [0.2, 0.25) is 0 Å². The number of fused-ring (bicyclic) bond motifs is 3. The van der Waals surface area contributed by atoms with Crippen molar-refractivity contribution >= 4 is 32.3 Å². The third-order valence-electron chi connectivity index (χ3n) is 10.5. The lowest BCUT2D eigenvalue weighted by molar-refractivity contribution is 1.31. The van der Waals surface area contributed by atoms with E-state index in [2.05, 4.69) is 193 Å². The van der Waals surface area contributed by atoms with Gasteiger partial charge in [0.1, 0.15) is 5.82 Å². The predicted molar refractivity (Wildman–Crippen MR) is 224 cm³/mol. The molecule has 53 heavy (non-hydrogen) atoms. The maximum Gasteiger partial charge on any atom is 0.137 e. The highest BCUT2D eigenvalue weighted by molar-refractivity contribution is 6.22. The van der Waals surface area contributed by atoms with Crippen LogP contribution in [-0.2, 0) is 0 Å². The molecule has 0 aliphatic heterocycles. The van der Waals surface area contributed by atoms with Crippen molar-refractivity contribution < 1.29 is 0 Å². The molecule has 1 heterocycles. The summed E-state index contributed by atoms with van der Waals surface area (Å²) in [6, 6.07) is 68.4. The van der Waals surface area contributed by atoms with Crippen LogP contribution in [-0.4, -0.2) is 9.97 Å². The zero-order valence-corrected chi connectivity index (χ0v) is 29.0. The van der Waals surface area contributed by atoms with Gasteiger partial charge in [0.25, 0.3) is 0 Å². The molecule has 1 aromatic heterocycles. The fourth-order valence-electron chi connectivity index (χ4n) is 8.03. The highest BCUT2D eigenvalue weighted by atomic mass is 14.9. The van der Waals surface area contributed by atoms with E-state index in [4.69, 9.17) is 4.98 Å². The van der Waals surface area contributed by atoms with Gasteiger partial charge < -0.3 is 4.98 Å². The largest absolute Gasteiger partial charge is 0.345 e. The summed E-state index contributed by atoms with van der Waals surface area (Å²) in [5.41, 5.74) is 12.9. The van der Waals surface area contributed by atoms with Crippen molar-refractivity contribution in [2.45, 2.75) is 0 Å². The lowest BCUT2D eigenvalue weighted by atomic mass is 9.84. The number of rotatable bonds is 6. The van der Waals surface area contributed by atoms with Crippen LogP contribution < -0.4 is 0 Å². The molecule has 2 nitrogen and oxygen atoms in total. The quantitative estimate of drug-likeness (QED) is 0.175. The average molecular weight is 675 g/mol. The summed E-state index contributed by atoms with van der Waals surface area (Å²) in [6.45, 7) is 0. The highest BCUT2D eigenvalue weighted by Gasteiger charge is 2.20. The fourth-order valence-corrected chi connectivity index (χ4v) is 8.03. The molecule has 1 N–H and O–H groups in total. The maximum atomic E-state index is 4.75. The number of imidazole rings is 1. The minimum atomic E-state index is 0.847. The van der Waals surface area contributed by atoms with Crippen molar-refractivity contribution in [3.8, 4) is 67.0 Å². The molecule has 0 amide bonds. The Morgan fingerprint density at radius 2 is 0.811 bits per heavy atom. The second-order valence-electron chi connectivity index (χ2n) is 13.6. The number of hydrogen-bond donors (Lipinski definition) is 1. The molecule has 0 unspecified atom stereocenters. The van der Waals surface area contributed by atoms with Gasteiger partial charge in [-0.05, 0) is 118 Å². The van der Waals surface area contributed by atoms with Crippen LogP contribution in [0.3, 0.4) is 0 Å². The van der Waals surface area contributed by atoms with Gasteiger partial charge in [-0.1, -0.05) is 158 Å². The third kappa shape index (κ3) is 5.49. The number of aromatic amines is 1. The first-order valence-electron chi connectivity index (χ1n) is 18.1. The Balaban J connectivity index is 1.25. The van der Waals surface area contributed by atoms with E-state index in [-0.39, 0.29) is 0 Å². The van der Waals surface area contributed by atoms with Crippen LogP contribution >= 0.6 is 0 Å². The summed E-state index contributed by atoms with van der Waals surface area (Å²) < 4.78 is 0. The van der Waals surface area contributed by atoms with Gasteiger partial charge in [-0.15, -0.1) is 0 Å². The van der Waals surface area contributed by atoms with E-state index in [1.165, 1.54) is 76.8 Å². The van der Waals surface area contributed by atoms with E-state index in [1.54, 1.807) is 0 Å². The Kier molecular flexibility index (Phi) is 7.51. The molecule has 0 atom stereocenters. The molecule has 10 rings (SSSR count). The molecular formula is C51H34N2. The second kappa shape index (κ2) is 12.9. The molecule has 0 saturated carbocycles. The van der Waals surface area contributed by atoms with Gasteiger partial charge >= 0.3 is 0 Å². The zero-order chi connectivity index (χ0) is 35.1. The first-order valence-corrected chi connectivity index (χ1v) is 18.1. The van der Waals surface area contributed by atoms with E-state index in [9.17, 15) is 0 Å². The number of nitrogens with zero attached hydrogens (tertiary/aromatic N) is 1. The Hall–Kier alpha value is -7.03. The van der Waals surface area contributed by atoms with Gasteiger partial charge in [-0.2, -0.15) is 0 Å². The molecule has 0 spiro atoms. The topological polar surface area (TPSA) is 28.7 Å². The van der Waals surface area contributed by atoms with Gasteiger partial charge in [0.05, 0.1) is 0 Å². The molecule has 0 bridgehead atoms. The number of benzene rings is 9. The maximum absolute atomic E-state index is 4.75. The van der Waals surface area contributed by atoms with Crippen LogP contribution in [0, 0.1) is 0 Å². The summed E-state index contributed by atoms with van der Waals surface area (Å²) in [5, 5.41) is 7.43. The number of H-pyrrole nitrogens is 1. The lowest BCUT2D eigenvalue weighted by Gasteiger charge is -2.19. The number of aromatic nitrogens is 2. The van der Waals surface area contributed by atoms with Crippen molar-refractivity contribution in [1.82, 2.24) is 9.97 Å². The molecule has 10 aromatic rings. The van der Waals surface area contributed by atoms with Crippen LogP contribution in [0.4, 0.5) is 0 Å². The van der Waals surface area contributed by atoms with Gasteiger partial charge in [0.2, 0.25) is 0 Å². The summed E-state index contributed by atoms with van der Waals surface area (Å²) in [6.07, 6.45) is 3.73. The average Bonchev–Trinajstić information content (AvgIpc) is 3.78. The normalized spacial score (nSPS) is 11.4. The zero-order valence-electron chi connectivity index (χ0n) is 29.0. The van der Waals surface area contributed by atoms with Gasteiger partial charge in [-0.3, -0.25) is 0 Å². The molecular weight excluding hydrogens is 641 g/mol. The van der Waals surface area contributed by atoms with Crippen molar-refractivity contribution in [3.05, 3.63) is 200 Å². The van der Waals surface area contributed by atoms with Crippen LogP contribution in [0.5, 0.6) is 0 Å². The molecule has 2 heteroatoms. The molecule has 0 aliphatic carbocycles. The highest BCUT2D eigenvalue weighted by Crippen LogP contribution is 2.46. The minimum Gasteiger partial charge on any atom is -0.345 e. The van der Waals surface area contributed by atoms with Crippen molar-refractivity contribution in [2.75, 3.05) is 0 Å². The van der Waals surface area contributed by atoms with Crippen molar-refractivity contribution in [2.24, 2.45) is 0 Å². The van der Waals surface area contributed by atoms with Crippen LogP contribution in [0.25, 0.3) is 99.3 Å². The molecule has 0 aliphatic rings. The van der Waals surface area contributed by atoms with Gasteiger partial charge in [0, 0.05) is 18.0 Å². The van der Waals surface area contributed by atoms with Crippen molar-refractivity contribution in [1.29, 1.82) is 0 Å². The molecule has 0 saturated heterocycles. The van der Waals surface area contributed by atoms with E-state index in [0.29, 0.717) is 0 Å². The Bertz CT molecular complexity index is 2810. The summed E-state index contributed by atoms with van der Waals surface area (Å²) in [4.78, 5) is 8.15. The van der Waals surface area contributed by atoms with E-state index in [1.807, 2.05) is 12.4 Å². The smallest absolute Gasteiger partial charge is 0.137 e. The Labute approximate surface area is 308 Å². The second-order valence-corrected chi connectivity index (χ2v) is 13.6. The Morgan fingerprint density at radius 1 is 0.321 bits per heavy atom. The van der Waals surface area contributed by atoms with E-state index < -0.39 is 0 Å². The van der Waals surface area contributed by atoms with Gasteiger partial charge in [-0.25, -0.2) is 4.98 Å². The first kappa shape index (κ1) is 30.8. The molecule has 248 valence electrons. The Morgan fingerprint density at radius 3 is 1.38 bits per heavy atom. The van der Waals surface area contributed by atoms with Crippen molar-refractivity contribution in [3.63, 3.8) is 0 Å². The molecule has 0 radical (unpaired) electrons. The molecule has 9 aromatic carbocycles. The predicted octanol–water partition coefficient (Wildman–Crippen LogP) is 13.9. The summed E-state index contributed by atoms with van der Waals surface area (Å²) in [5.74, 6) is 0.847. The van der Waals surface area contributed by atoms with Gasteiger partial charge in [0.15, 0.2) is 0 Å². The minimum absolute atomic E-state index is 0.847. The lowest BCUT2D eigenvalue weighted by Crippen LogP contribution is -1.94. The first-order chi connectivity index (χ1) is 26.3. The molecule has 0 fully saturated rings. The third-order valence-corrected chi connectivity index (χ3v) is 10.5.